The number of nitrogens with one attached hydrogen (secondary N) is 1. The van der Waals surface area contributed by atoms with Crippen molar-refractivity contribution in [2.24, 2.45) is 0 Å². The molecular weight excluding hydrogens is 274 g/mol. The van der Waals surface area contributed by atoms with Gasteiger partial charge in [0, 0.05) is 6.61 Å². The Morgan fingerprint density at radius 3 is 2.14 bits per heavy atom. The zero-order chi connectivity index (χ0) is 15.7. The Labute approximate surface area is 127 Å². The van der Waals surface area contributed by atoms with Crippen LogP contribution in [0.4, 0.5) is 0 Å². The molecule has 0 bridgehead atoms. The Hall–Kier alpha value is -0.240. The second kappa shape index (κ2) is 10.5. The molecule has 1 aliphatic rings. The Bertz CT molecular complexity index is 264. The van der Waals surface area contributed by atoms with Crippen molar-refractivity contribution in [1.82, 2.24) is 5.32 Å². The third kappa shape index (κ3) is 6.18. The predicted octanol–water partition coefficient (Wildman–Crippen LogP) is -0.221. The molecule has 5 N–H and O–H groups in total. The topological polar surface area (TPSA) is 102 Å². The van der Waals surface area contributed by atoms with Gasteiger partial charge in [-0.15, -0.1) is 0 Å². The van der Waals surface area contributed by atoms with Crippen LogP contribution in [0.2, 0.25) is 0 Å². The first-order valence-electron chi connectivity index (χ1n) is 8.10. The van der Waals surface area contributed by atoms with Crippen molar-refractivity contribution in [2.45, 2.75) is 75.8 Å². The number of ether oxygens (including phenoxy) is 1. The first-order chi connectivity index (χ1) is 10.1. The van der Waals surface area contributed by atoms with Gasteiger partial charge in [0.2, 0.25) is 0 Å². The highest BCUT2D eigenvalue weighted by Crippen LogP contribution is 2.16. The maximum absolute atomic E-state index is 9.89. The van der Waals surface area contributed by atoms with Gasteiger partial charge in [0.25, 0.3) is 0 Å². The summed E-state index contributed by atoms with van der Waals surface area (Å²) >= 11 is 0. The minimum Gasteiger partial charge on any atom is -0.395 e. The van der Waals surface area contributed by atoms with E-state index in [1.165, 1.54) is 25.7 Å². The van der Waals surface area contributed by atoms with E-state index in [4.69, 9.17) is 9.84 Å². The number of piperidine rings is 1. The highest BCUT2D eigenvalue weighted by molar-refractivity contribution is 4.97. The number of hydrogen-bond donors (Lipinski definition) is 5. The average molecular weight is 305 g/mol. The molecule has 0 spiro atoms. The molecule has 1 rings (SSSR count). The minimum absolute atomic E-state index is 0.260. The van der Waals surface area contributed by atoms with Gasteiger partial charge >= 0.3 is 0 Å². The van der Waals surface area contributed by atoms with Gasteiger partial charge in [-0.05, 0) is 6.42 Å². The van der Waals surface area contributed by atoms with E-state index in [2.05, 4.69) is 12.2 Å². The summed E-state index contributed by atoms with van der Waals surface area (Å²) in [7, 11) is 0. The molecule has 126 valence electrons. The molecule has 0 aromatic carbocycles. The largest absolute Gasteiger partial charge is 0.395 e. The van der Waals surface area contributed by atoms with E-state index in [1.807, 2.05) is 0 Å². The third-order valence-electron chi connectivity index (χ3n) is 4.09. The second-order valence-electron chi connectivity index (χ2n) is 5.88. The lowest BCUT2D eigenvalue weighted by molar-refractivity contribution is -0.129. The van der Waals surface area contributed by atoms with Gasteiger partial charge in [0.15, 0.2) is 0 Å². The van der Waals surface area contributed by atoms with Gasteiger partial charge in [-0.2, -0.15) is 0 Å². The summed E-state index contributed by atoms with van der Waals surface area (Å²) in [6.45, 7) is 2.78. The maximum Gasteiger partial charge on any atom is 0.109 e. The van der Waals surface area contributed by atoms with Crippen LogP contribution in [0.25, 0.3) is 0 Å². The molecule has 0 aliphatic carbocycles. The van der Waals surface area contributed by atoms with E-state index < -0.39 is 30.4 Å². The van der Waals surface area contributed by atoms with Crippen molar-refractivity contribution in [3.8, 4) is 0 Å². The lowest BCUT2D eigenvalue weighted by atomic mass is 9.91. The van der Waals surface area contributed by atoms with Gasteiger partial charge in [0.05, 0.1) is 37.5 Å². The van der Waals surface area contributed by atoms with Crippen molar-refractivity contribution in [1.29, 1.82) is 0 Å². The molecule has 0 aromatic rings. The molecule has 1 unspecified atom stereocenters. The van der Waals surface area contributed by atoms with E-state index in [0.717, 1.165) is 12.8 Å². The summed E-state index contributed by atoms with van der Waals surface area (Å²) in [5.41, 5.74) is 0. The van der Waals surface area contributed by atoms with Crippen molar-refractivity contribution in [3.05, 3.63) is 0 Å². The monoisotopic (exact) mass is 305 g/mol. The van der Waals surface area contributed by atoms with Crippen LogP contribution in [0.3, 0.4) is 0 Å². The van der Waals surface area contributed by atoms with Crippen LogP contribution in [0.5, 0.6) is 0 Å². The van der Waals surface area contributed by atoms with E-state index >= 15 is 0 Å². The Balaban J connectivity index is 2.16. The SMILES string of the molecule is CCCCCCCCOCC1N[C@H](CO)[C@H](O)[C@H](O)[C@H]1O. The Morgan fingerprint density at radius 1 is 0.857 bits per heavy atom. The molecule has 1 fully saturated rings. The number of unbranched alkanes of at least 4 members (excludes halogenated alkanes) is 5. The van der Waals surface area contributed by atoms with Crippen molar-refractivity contribution >= 4 is 0 Å². The summed E-state index contributed by atoms with van der Waals surface area (Å²) in [4.78, 5) is 0. The molecule has 6 heteroatoms. The quantitative estimate of drug-likeness (QED) is 0.358. The van der Waals surface area contributed by atoms with Crippen LogP contribution in [0.1, 0.15) is 45.4 Å². The number of rotatable bonds is 10. The third-order valence-corrected chi connectivity index (χ3v) is 4.09. The molecule has 6 nitrogen and oxygen atoms in total. The number of hydrogen-bond acceptors (Lipinski definition) is 6. The van der Waals surface area contributed by atoms with Gasteiger partial charge in [-0.3, -0.25) is 0 Å². The van der Waals surface area contributed by atoms with Gasteiger partial charge in [-0.25, -0.2) is 0 Å². The summed E-state index contributed by atoms with van der Waals surface area (Å²) in [5, 5.41) is 41.3. The van der Waals surface area contributed by atoms with Crippen LogP contribution in [0, 0.1) is 0 Å². The molecule has 21 heavy (non-hydrogen) atoms. The van der Waals surface area contributed by atoms with Gasteiger partial charge in [0.1, 0.15) is 6.10 Å². The maximum atomic E-state index is 9.89. The van der Waals surface area contributed by atoms with E-state index in [1.54, 1.807) is 0 Å². The first-order valence-corrected chi connectivity index (χ1v) is 8.10. The standard InChI is InChI=1S/C15H31NO5/c1-2-3-4-5-6-7-8-21-10-12-14(19)15(20)13(18)11(9-17)16-12/h11-20H,2-10H2,1H3/t11-,12?,13+,14+,15+/m1/s1. The van der Waals surface area contributed by atoms with Gasteiger partial charge in [-0.1, -0.05) is 39.0 Å². The van der Waals surface area contributed by atoms with Crippen LogP contribution < -0.4 is 5.32 Å². The molecule has 1 aliphatic heterocycles. The van der Waals surface area contributed by atoms with Gasteiger partial charge < -0.3 is 30.5 Å². The fourth-order valence-corrected chi connectivity index (χ4v) is 2.65. The smallest absolute Gasteiger partial charge is 0.109 e. The van der Waals surface area contributed by atoms with Crippen molar-refractivity contribution in [2.75, 3.05) is 19.8 Å². The molecule has 0 saturated carbocycles. The lowest BCUT2D eigenvalue weighted by Gasteiger charge is -2.40. The molecular formula is C15H31NO5. The highest BCUT2D eigenvalue weighted by atomic mass is 16.5. The number of aliphatic hydroxyl groups is 4. The summed E-state index contributed by atoms with van der Waals surface area (Å²) in [6.07, 6.45) is 3.62. The van der Waals surface area contributed by atoms with E-state index in [-0.39, 0.29) is 13.2 Å². The van der Waals surface area contributed by atoms with Crippen LogP contribution >= 0.6 is 0 Å². The predicted molar refractivity (Wildman–Crippen MR) is 80.0 cm³/mol. The summed E-state index contributed by atoms with van der Waals surface area (Å²) < 4.78 is 5.53. The molecule has 1 saturated heterocycles. The molecule has 0 aromatic heterocycles. The fraction of sp³-hybridized carbons (Fsp3) is 1.00. The zero-order valence-electron chi connectivity index (χ0n) is 12.9. The Kier molecular flexibility index (Phi) is 9.39. The Morgan fingerprint density at radius 2 is 1.48 bits per heavy atom. The minimum atomic E-state index is -1.26. The zero-order valence-corrected chi connectivity index (χ0v) is 12.9. The fourth-order valence-electron chi connectivity index (χ4n) is 2.65. The van der Waals surface area contributed by atoms with Crippen molar-refractivity contribution in [3.63, 3.8) is 0 Å². The van der Waals surface area contributed by atoms with Crippen LogP contribution in [-0.2, 0) is 4.74 Å². The average Bonchev–Trinajstić information content (AvgIpc) is 2.49. The molecule has 0 amide bonds. The summed E-state index contributed by atoms with van der Waals surface area (Å²) in [6, 6.07) is -1.10. The van der Waals surface area contributed by atoms with Crippen LogP contribution in [0.15, 0.2) is 0 Å². The summed E-state index contributed by atoms with van der Waals surface area (Å²) in [5.74, 6) is 0. The first kappa shape index (κ1) is 18.8. The highest BCUT2D eigenvalue weighted by Gasteiger charge is 2.41. The van der Waals surface area contributed by atoms with Crippen LogP contribution in [-0.4, -0.2) is 70.6 Å². The van der Waals surface area contributed by atoms with E-state index in [0.29, 0.717) is 6.61 Å². The van der Waals surface area contributed by atoms with Crippen molar-refractivity contribution < 1.29 is 25.2 Å². The number of aliphatic hydroxyl groups excluding tert-OH is 4. The molecule has 1 heterocycles. The molecule has 0 radical (unpaired) electrons. The molecule has 5 atom stereocenters. The second-order valence-corrected chi connectivity index (χ2v) is 5.88. The lowest BCUT2D eigenvalue weighted by Crippen LogP contribution is -2.67. The van der Waals surface area contributed by atoms with E-state index in [9.17, 15) is 15.3 Å². The normalized spacial score (nSPS) is 33.3.